The molecule has 2 heterocycles. The Balaban J connectivity index is 1.49. The second kappa shape index (κ2) is 11.3. The summed E-state index contributed by atoms with van der Waals surface area (Å²) in [5.74, 6) is 1.41. The van der Waals surface area contributed by atoms with Gasteiger partial charge < -0.3 is 5.32 Å². The highest BCUT2D eigenvalue weighted by molar-refractivity contribution is 7.71. The molecular formula is C27H36N6OS. The van der Waals surface area contributed by atoms with Crippen molar-refractivity contribution in [1.29, 1.82) is 0 Å². The number of hydrogen-bond donors (Lipinski definition) is 1. The molecule has 0 aliphatic carbocycles. The number of benzene rings is 2. The molecular weight excluding hydrogens is 456 g/mol. The standard InChI is InChI=1S/C27H36N6OS/c1-20(2)17-28-25(34)18-30-13-15-31(16-14-30)19-32-27(35)33(24-11-7-22(4)8-12-24)26(29-32)23-9-5-21(3)6-10-23/h5-12,20H,13-19H2,1-4H3,(H,28,34). The smallest absolute Gasteiger partial charge is 0.234 e. The quantitative estimate of drug-likeness (QED) is 0.481. The lowest BCUT2D eigenvalue weighted by atomic mass is 10.1. The Morgan fingerprint density at radius 1 is 0.943 bits per heavy atom. The highest BCUT2D eigenvalue weighted by Crippen LogP contribution is 2.24. The van der Waals surface area contributed by atoms with Crippen LogP contribution in [0.15, 0.2) is 48.5 Å². The molecule has 1 amide bonds. The lowest BCUT2D eigenvalue weighted by Gasteiger charge is -2.34. The lowest BCUT2D eigenvalue weighted by molar-refractivity contribution is -0.122. The Hall–Kier alpha value is -2.81. The van der Waals surface area contributed by atoms with Gasteiger partial charge >= 0.3 is 0 Å². The minimum atomic E-state index is 0.106. The van der Waals surface area contributed by atoms with E-state index >= 15 is 0 Å². The van der Waals surface area contributed by atoms with Crippen molar-refractivity contribution >= 4 is 18.1 Å². The van der Waals surface area contributed by atoms with Crippen molar-refractivity contribution in [2.75, 3.05) is 39.3 Å². The molecule has 0 saturated carbocycles. The van der Waals surface area contributed by atoms with Crippen molar-refractivity contribution in [3.63, 3.8) is 0 Å². The fourth-order valence-corrected chi connectivity index (χ4v) is 4.46. The molecule has 1 aliphatic rings. The zero-order valence-corrected chi connectivity index (χ0v) is 22.0. The van der Waals surface area contributed by atoms with Gasteiger partial charge in [-0.1, -0.05) is 61.4 Å². The zero-order chi connectivity index (χ0) is 24.9. The van der Waals surface area contributed by atoms with Crippen molar-refractivity contribution in [3.05, 3.63) is 64.4 Å². The molecule has 1 aromatic heterocycles. The fraction of sp³-hybridized carbons (Fsp3) is 0.444. The van der Waals surface area contributed by atoms with Gasteiger partial charge in [0.2, 0.25) is 10.7 Å². The number of piperazine rings is 1. The Morgan fingerprint density at radius 3 is 2.11 bits per heavy atom. The van der Waals surface area contributed by atoms with Gasteiger partial charge in [0.25, 0.3) is 0 Å². The molecule has 1 saturated heterocycles. The van der Waals surface area contributed by atoms with Crippen LogP contribution < -0.4 is 5.32 Å². The third-order valence-corrected chi connectivity index (χ3v) is 6.71. The maximum absolute atomic E-state index is 12.2. The van der Waals surface area contributed by atoms with E-state index in [9.17, 15) is 4.79 Å². The number of rotatable bonds is 8. The van der Waals surface area contributed by atoms with Crippen LogP contribution in [-0.4, -0.2) is 69.3 Å². The van der Waals surface area contributed by atoms with Crippen LogP contribution in [0.4, 0.5) is 0 Å². The summed E-state index contributed by atoms with van der Waals surface area (Å²) in [6.07, 6.45) is 0. The maximum Gasteiger partial charge on any atom is 0.234 e. The number of carbonyl (C=O) groups excluding carboxylic acids is 1. The van der Waals surface area contributed by atoms with Gasteiger partial charge in [-0.3, -0.25) is 19.2 Å². The number of aromatic nitrogens is 3. The van der Waals surface area contributed by atoms with Crippen molar-refractivity contribution in [2.45, 2.75) is 34.4 Å². The topological polar surface area (TPSA) is 58.3 Å². The predicted octanol–water partition coefficient (Wildman–Crippen LogP) is 4.03. The minimum Gasteiger partial charge on any atom is -0.355 e. The highest BCUT2D eigenvalue weighted by Gasteiger charge is 2.21. The van der Waals surface area contributed by atoms with Gasteiger partial charge in [-0.2, -0.15) is 0 Å². The Kier molecular flexibility index (Phi) is 8.15. The van der Waals surface area contributed by atoms with E-state index in [1.54, 1.807) is 0 Å². The normalized spacial score (nSPS) is 15.0. The lowest BCUT2D eigenvalue weighted by Crippen LogP contribution is -2.50. The SMILES string of the molecule is Cc1ccc(-c2nn(CN3CCN(CC(=O)NCC(C)C)CC3)c(=S)n2-c2ccc(C)cc2)cc1. The largest absolute Gasteiger partial charge is 0.355 e. The van der Waals surface area contributed by atoms with Crippen molar-refractivity contribution in [2.24, 2.45) is 5.92 Å². The van der Waals surface area contributed by atoms with Gasteiger partial charge in [0.15, 0.2) is 5.82 Å². The van der Waals surface area contributed by atoms with Crippen LogP contribution in [0.2, 0.25) is 0 Å². The molecule has 0 bridgehead atoms. The van der Waals surface area contributed by atoms with Gasteiger partial charge in [0, 0.05) is 44.0 Å². The molecule has 1 aliphatic heterocycles. The van der Waals surface area contributed by atoms with Crippen molar-refractivity contribution in [1.82, 2.24) is 29.5 Å². The van der Waals surface area contributed by atoms with Gasteiger partial charge in [0.05, 0.1) is 13.2 Å². The predicted molar refractivity (Wildman–Crippen MR) is 143 cm³/mol. The van der Waals surface area contributed by atoms with Crippen LogP contribution in [0.3, 0.4) is 0 Å². The number of hydrogen-bond acceptors (Lipinski definition) is 5. The number of nitrogens with zero attached hydrogens (tertiary/aromatic N) is 5. The summed E-state index contributed by atoms with van der Waals surface area (Å²) in [6, 6.07) is 16.8. The van der Waals surface area contributed by atoms with Gasteiger partial charge in [-0.15, -0.1) is 5.10 Å². The number of nitrogens with one attached hydrogen (secondary N) is 1. The van der Waals surface area contributed by atoms with Crippen molar-refractivity contribution < 1.29 is 4.79 Å². The average molecular weight is 493 g/mol. The molecule has 3 aromatic rings. The van der Waals surface area contributed by atoms with Gasteiger partial charge in [-0.25, -0.2) is 4.68 Å². The highest BCUT2D eigenvalue weighted by atomic mass is 32.1. The summed E-state index contributed by atoms with van der Waals surface area (Å²) in [4.78, 5) is 16.8. The van der Waals surface area contributed by atoms with E-state index < -0.39 is 0 Å². The summed E-state index contributed by atoms with van der Waals surface area (Å²) in [5, 5.41) is 7.98. The first-order valence-corrected chi connectivity index (χ1v) is 12.8. The van der Waals surface area contributed by atoms with E-state index in [1.165, 1.54) is 11.1 Å². The first kappa shape index (κ1) is 25.3. The zero-order valence-electron chi connectivity index (χ0n) is 21.2. The van der Waals surface area contributed by atoms with E-state index in [0.29, 0.717) is 23.9 Å². The third-order valence-electron chi connectivity index (χ3n) is 6.31. The summed E-state index contributed by atoms with van der Waals surface area (Å²) in [5.41, 5.74) is 4.47. The first-order chi connectivity index (χ1) is 16.8. The van der Waals surface area contributed by atoms with Crippen LogP contribution in [0.25, 0.3) is 17.1 Å². The van der Waals surface area contributed by atoms with E-state index in [-0.39, 0.29) is 5.91 Å². The molecule has 8 heteroatoms. The van der Waals surface area contributed by atoms with Crippen LogP contribution in [-0.2, 0) is 11.5 Å². The van der Waals surface area contributed by atoms with Gasteiger partial charge in [-0.05, 0) is 44.1 Å². The molecule has 7 nitrogen and oxygen atoms in total. The van der Waals surface area contributed by atoms with Crippen LogP contribution in [0.5, 0.6) is 0 Å². The molecule has 0 unspecified atom stereocenters. The van der Waals surface area contributed by atoms with Gasteiger partial charge in [0.1, 0.15) is 0 Å². The summed E-state index contributed by atoms with van der Waals surface area (Å²) < 4.78 is 4.67. The molecule has 4 rings (SSSR count). The maximum atomic E-state index is 12.2. The molecule has 1 N–H and O–H groups in total. The van der Waals surface area contributed by atoms with E-state index in [0.717, 1.165) is 49.8 Å². The van der Waals surface area contributed by atoms with E-state index in [1.807, 2.05) is 4.68 Å². The Bertz CT molecular complexity index is 1190. The average Bonchev–Trinajstić information content (AvgIpc) is 3.16. The summed E-state index contributed by atoms with van der Waals surface area (Å²) in [6.45, 7) is 13.6. The Labute approximate surface area is 213 Å². The monoisotopic (exact) mass is 492 g/mol. The minimum absolute atomic E-state index is 0.106. The first-order valence-electron chi connectivity index (χ1n) is 12.4. The van der Waals surface area contributed by atoms with E-state index in [4.69, 9.17) is 17.3 Å². The molecule has 0 radical (unpaired) electrons. The molecule has 1 fully saturated rings. The van der Waals surface area contributed by atoms with Crippen molar-refractivity contribution in [3.8, 4) is 17.1 Å². The number of aryl methyl sites for hydroxylation is 2. The number of amides is 1. The molecule has 2 aromatic carbocycles. The number of carbonyl (C=O) groups is 1. The Morgan fingerprint density at radius 2 is 1.51 bits per heavy atom. The summed E-state index contributed by atoms with van der Waals surface area (Å²) in [7, 11) is 0. The second-order valence-corrected chi connectivity index (χ2v) is 10.2. The summed E-state index contributed by atoms with van der Waals surface area (Å²) >= 11 is 5.93. The van der Waals surface area contributed by atoms with E-state index in [2.05, 4.69) is 95.9 Å². The third kappa shape index (κ3) is 6.45. The molecule has 186 valence electrons. The molecule has 0 atom stereocenters. The van der Waals surface area contributed by atoms with Crippen LogP contribution in [0.1, 0.15) is 25.0 Å². The second-order valence-electron chi connectivity index (χ2n) is 9.88. The molecule has 0 spiro atoms. The van der Waals surface area contributed by atoms with Crippen LogP contribution >= 0.6 is 12.2 Å². The fourth-order valence-electron chi connectivity index (χ4n) is 4.17. The van der Waals surface area contributed by atoms with Crippen LogP contribution in [0, 0.1) is 24.5 Å². The molecule has 35 heavy (non-hydrogen) atoms.